The largest absolute Gasteiger partial charge is 0.416 e. The maximum Gasteiger partial charge on any atom is 0.416 e. The molecule has 3 aromatic rings. The van der Waals surface area contributed by atoms with Gasteiger partial charge in [0.1, 0.15) is 0 Å². The van der Waals surface area contributed by atoms with Crippen LogP contribution in [-0.4, -0.2) is 10.9 Å². The van der Waals surface area contributed by atoms with Gasteiger partial charge in [0.15, 0.2) is 0 Å². The van der Waals surface area contributed by atoms with Crippen molar-refractivity contribution in [2.75, 3.05) is 10.6 Å². The van der Waals surface area contributed by atoms with Gasteiger partial charge >= 0.3 is 6.18 Å². The molecule has 8 heteroatoms. The van der Waals surface area contributed by atoms with E-state index in [1.54, 1.807) is 24.3 Å². The predicted molar refractivity (Wildman–Crippen MR) is 98.4 cm³/mol. The average molecular weight is 392 g/mol. The van der Waals surface area contributed by atoms with Crippen LogP contribution < -0.4 is 10.6 Å². The maximum absolute atomic E-state index is 12.6. The van der Waals surface area contributed by atoms with Crippen molar-refractivity contribution in [2.24, 2.45) is 0 Å². The van der Waals surface area contributed by atoms with Gasteiger partial charge in [-0.3, -0.25) is 9.78 Å². The van der Waals surface area contributed by atoms with E-state index < -0.39 is 17.6 Å². The second-order valence-electron chi connectivity index (χ2n) is 5.60. The predicted octanol–water partition coefficient (Wildman–Crippen LogP) is 5.75. The summed E-state index contributed by atoms with van der Waals surface area (Å²) in [5, 5.41) is 6.11. The average Bonchev–Trinajstić information content (AvgIpc) is 2.63. The summed E-state index contributed by atoms with van der Waals surface area (Å²) in [5.41, 5.74) is 0.905. The molecule has 0 unspecified atom stereocenters. The van der Waals surface area contributed by atoms with E-state index in [4.69, 9.17) is 11.6 Å². The first kappa shape index (κ1) is 18.7. The fourth-order valence-electron chi connectivity index (χ4n) is 2.30. The number of para-hydroxylation sites is 1. The van der Waals surface area contributed by atoms with E-state index in [-0.39, 0.29) is 11.3 Å². The molecule has 0 saturated carbocycles. The highest BCUT2D eigenvalue weighted by Gasteiger charge is 2.30. The zero-order chi connectivity index (χ0) is 19.4. The second kappa shape index (κ2) is 7.67. The van der Waals surface area contributed by atoms with Gasteiger partial charge in [-0.2, -0.15) is 13.2 Å². The molecule has 0 aliphatic rings. The molecule has 2 N–H and O–H groups in total. The van der Waals surface area contributed by atoms with E-state index >= 15 is 0 Å². The van der Waals surface area contributed by atoms with Crippen LogP contribution in [0.15, 0.2) is 67.0 Å². The fraction of sp³-hybridized carbons (Fsp3) is 0.0526. The van der Waals surface area contributed by atoms with Gasteiger partial charge in [0.05, 0.1) is 33.7 Å². The van der Waals surface area contributed by atoms with Gasteiger partial charge in [-0.1, -0.05) is 23.7 Å². The number of aromatic nitrogens is 1. The fourth-order valence-corrected chi connectivity index (χ4v) is 2.48. The van der Waals surface area contributed by atoms with Crippen molar-refractivity contribution in [2.45, 2.75) is 6.18 Å². The van der Waals surface area contributed by atoms with Crippen LogP contribution in [0, 0.1) is 0 Å². The van der Waals surface area contributed by atoms with Crippen molar-refractivity contribution in [3.8, 4) is 0 Å². The Hall–Kier alpha value is -3.06. The molecule has 0 spiro atoms. The summed E-state index contributed by atoms with van der Waals surface area (Å²) in [7, 11) is 0. The summed E-state index contributed by atoms with van der Waals surface area (Å²) < 4.78 is 37.8. The van der Waals surface area contributed by atoms with E-state index in [9.17, 15) is 18.0 Å². The standard InChI is InChI=1S/C19H13ClF3N3O/c20-16-3-1-2-4-17(16)25-15-9-12(10-24-11-15)18(27)26-14-7-5-13(6-8-14)19(21,22)23/h1-11,25H,(H,26,27). The Kier molecular flexibility index (Phi) is 5.32. The number of carbonyl (C=O) groups excluding carboxylic acids is 1. The minimum Gasteiger partial charge on any atom is -0.353 e. The molecular formula is C19H13ClF3N3O. The monoisotopic (exact) mass is 391 g/mol. The van der Waals surface area contributed by atoms with Crippen LogP contribution in [0.3, 0.4) is 0 Å². The molecule has 0 aliphatic carbocycles. The molecule has 1 aromatic heterocycles. The lowest BCUT2D eigenvalue weighted by Gasteiger charge is -2.10. The molecule has 2 aromatic carbocycles. The minimum absolute atomic E-state index is 0.243. The summed E-state index contributed by atoms with van der Waals surface area (Å²) in [6, 6.07) is 12.9. The first-order valence-corrected chi connectivity index (χ1v) is 8.16. The van der Waals surface area contributed by atoms with Crippen molar-refractivity contribution in [3.63, 3.8) is 0 Å². The van der Waals surface area contributed by atoms with Gasteiger partial charge in [0, 0.05) is 11.9 Å². The van der Waals surface area contributed by atoms with Gasteiger partial charge in [0.2, 0.25) is 0 Å². The first-order chi connectivity index (χ1) is 12.8. The Labute approximate surface area is 158 Å². The molecular weight excluding hydrogens is 379 g/mol. The smallest absolute Gasteiger partial charge is 0.353 e. The highest BCUT2D eigenvalue weighted by molar-refractivity contribution is 6.33. The van der Waals surface area contributed by atoms with Crippen LogP contribution in [0.5, 0.6) is 0 Å². The molecule has 27 heavy (non-hydrogen) atoms. The molecule has 0 aliphatic heterocycles. The number of hydrogen-bond donors (Lipinski definition) is 2. The number of halogens is 4. The number of alkyl halides is 3. The Morgan fingerprint density at radius 3 is 2.33 bits per heavy atom. The number of pyridine rings is 1. The maximum atomic E-state index is 12.6. The lowest BCUT2D eigenvalue weighted by molar-refractivity contribution is -0.137. The first-order valence-electron chi connectivity index (χ1n) is 7.78. The van der Waals surface area contributed by atoms with Crippen LogP contribution in [-0.2, 0) is 6.18 Å². The zero-order valence-electron chi connectivity index (χ0n) is 13.7. The van der Waals surface area contributed by atoms with Gasteiger partial charge in [-0.05, 0) is 42.5 Å². The summed E-state index contributed by atoms with van der Waals surface area (Å²) in [4.78, 5) is 16.3. The summed E-state index contributed by atoms with van der Waals surface area (Å²) >= 11 is 6.09. The minimum atomic E-state index is -4.43. The van der Waals surface area contributed by atoms with Crippen LogP contribution in [0.25, 0.3) is 0 Å². The number of benzene rings is 2. The van der Waals surface area contributed by atoms with Crippen molar-refractivity contribution in [1.29, 1.82) is 0 Å². The molecule has 4 nitrogen and oxygen atoms in total. The highest BCUT2D eigenvalue weighted by atomic mass is 35.5. The van der Waals surface area contributed by atoms with E-state index in [0.717, 1.165) is 12.1 Å². The van der Waals surface area contributed by atoms with Gasteiger partial charge in [0.25, 0.3) is 5.91 Å². The Balaban J connectivity index is 1.73. The summed E-state index contributed by atoms with van der Waals surface area (Å²) in [6.45, 7) is 0. The molecule has 138 valence electrons. The number of carbonyl (C=O) groups is 1. The third-order valence-corrected chi connectivity index (χ3v) is 3.95. The van der Waals surface area contributed by atoms with Crippen molar-refractivity contribution in [1.82, 2.24) is 4.98 Å². The van der Waals surface area contributed by atoms with Crippen LogP contribution in [0.2, 0.25) is 5.02 Å². The second-order valence-corrected chi connectivity index (χ2v) is 6.00. The highest BCUT2D eigenvalue weighted by Crippen LogP contribution is 2.30. The van der Waals surface area contributed by atoms with Gasteiger partial charge < -0.3 is 10.6 Å². The Morgan fingerprint density at radius 2 is 1.67 bits per heavy atom. The molecule has 3 rings (SSSR count). The number of nitrogens with zero attached hydrogens (tertiary/aromatic N) is 1. The van der Waals surface area contributed by atoms with Crippen LogP contribution in [0.4, 0.5) is 30.2 Å². The SMILES string of the molecule is O=C(Nc1ccc(C(F)(F)F)cc1)c1cncc(Nc2ccccc2Cl)c1. The van der Waals surface area contributed by atoms with Crippen LogP contribution in [0.1, 0.15) is 15.9 Å². The summed E-state index contributed by atoms with van der Waals surface area (Å²) in [5.74, 6) is -0.495. The van der Waals surface area contributed by atoms with E-state index in [2.05, 4.69) is 15.6 Å². The Bertz CT molecular complexity index is 959. The molecule has 1 amide bonds. The third kappa shape index (κ3) is 4.77. The molecule has 0 saturated heterocycles. The van der Waals surface area contributed by atoms with E-state index in [1.807, 2.05) is 6.07 Å². The lowest BCUT2D eigenvalue weighted by Crippen LogP contribution is -2.13. The number of nitrogens with one attached hydrogen (secondary N) is 2. The topological polar surface area (TPSA) is 54.0 Å². The number of rotatable bonds is 4. The van der Waals surface area contributed by atoms with E-state index in [1.165, 1.54) is 24.5 Å². The van der Waals surface area contributed by atoms with Crippen molar-refractivity contribution < 1.29 is 18.0 Å². The number of amides is 1. The summed E-state index contributed by atoms with van der Waals surface area (Å²) in [6.07, 6.45) is -1.54. The van der Waals surface area contributed by atoms with Crippen LogP contribution >= 0.6 is 11.6 Å². The normalized spacial score (nSPS) is 11.1. The molecule has 0 bridgehead atoms. The van der Waals surface area contributed by atoms with Crippen molar-refractivity contribution in [3.05, 3.63) is 83.1 Å². The van der Waals surface area contributed by atoms with Crippen molar-refractivity contribution >= 4 is 34.6 Å². The Morgan fingerprint density at radius 1 is 0.963 bits per heavy atom. The van der Waals surface area contributed by atoms with E-state index in [0.29, 0.717) is 16.4 Å². The lowest BCUT2D eigenvalue weighted by atomic mass is 10.2. The molecule has 0 fully saturated rings. The number of hydrogen-bond acceptors (Lipinski definition) is 3. The number of anilines is 3. The van der Waals surface area contributed by atoms with Gasteiger partial charge in [-0.25, -0.2) is 0 Å². The zero-order valence-corrected chi connectivity index (χ0v) is 14.5. The molecule has 0 atom stereocenters. The van der Waals surface area contributed by atoms with Gasteiger partial charge in [-0.15, -0.1) is 0 Å². The third-order valence-electron chi connectivity index (χ3n) is 3.62. The molecule has 1 heterocycles. The quantitative estimate of drug-likeness (QED) is 0.595. The molecule has 0 radical (unpaired) electrons.